The van der Waals surface area contributed by atoms with Crippen molar-refractivity contribution >= 4 is 17.3 Å². The Labute approximate surface area is 116 Å². The van der Waals surface area contributed by atoms with E-state index in [9.17, 15) is 14.9 Å². The van der Waals surface area contributed by atoms with E-state index in [0.29, 0.717) is 11.6 Å². The van der Waals surface area contributed by atoms with Crippen molar-refractivity contribution in [2.24, 2.45) is 11.8 Å². The number of nitrogens with one attached hydrogen (secondary N) is 1. The fourth-order valence-electron chi connectivity index (χ4n) is 2.42. The Kier molecular flexibility index (Phi) is 4.19. The van der Waals surface area contributed by atoms with Gasteiger partial charge in [-0.1, -0.05) is 6.92 Å². The van der Waals surface area contributed by atoms with E-state index < -0.39 is 10.8 Å². The summed E-state index contributed by atoms with van der Waals surface area (Å²) in [7, 11) is 0. The number of nitro groups is 1. The van der Waals surface area contributed by atoms with Crippen LogP contribution in [0.2, 0.25) is 0 Å². The highest BCUT2D eigenvalue weighted by Gasteiger charge is 2.23. The van der Waals surface area contributed by atoms with Crippen LogP contribution in [0.4, 0.5) is 11.4 Å². The van der Waals surface area contributed by atoms with Gasteiger partial charge in [0.1, 0.15) is 0 Å². The standard InChI is InChI=1S/C13H18N4O3/c1-9-4-6-16(7-5-9)12-3-2-10(17(19)20)8-11(12)13(18)15-14/h2-3,8-9H,4-7,14H2,1H3,(H,15,18). The van der Waals surface area contributed by atoms with Crippen LogP contribution in [-0.2, 0) is 0 Å². The Balaban J connectivity index is 2.36. The van der Waals surface area contributed by atoms with Gasteiger partial charge in [0.2, 0.25) is 0 Å². The van der Waals surface area contributed by atoms with E-state index in [1.807, 2.05) is 5.43 Å². The molecule has 7 heteroatoms. The van der Waals surface area contributed by atoms with E-state index in [2.05, 4.69) is 11.8 Å². The van der Waals surface area contributed by atoms with Gasteiger partial charge in [-0.15, -0.1) is 0 Å². The van der Waals surface area contributed by atoms with Gasteiger partial charge in [0.15, 0.2) is 0 Å². The lowest BCUT2D eigenvalue weighted by Crippen LogP contribution is -2.36. The van der Waals surface area contributed by atoms with Gasteiger partial charge in [-0.05, 0) is 24.8 Å². The minimum atomic E-state index is -0.518. The maximum absolute atomic E-state index is 11.8. The second kappa shape index (κ2) is 5.87. The summed E-state index contributed by atoms with van der Waals surface area (Å²) >= 11 is 0. The van der Waals surface area contributed by atoms with Crippen molar-refractivity contribution in [3.05, 3.63) is 33.9 Å². The summed E-state index contributed by atoms with van der Waals surface area (Å²) in [6, 6.07) is 4.31. The Morgan fingerprint density at radius 3 is 2.65 bits per heavy atom. The summed E-state index contributed by atoms with van der Waals surface area (Å²) < 4.78 is 0. The first kappa shape index (κ1) is 14.3. The van der Waals surface area contributed by atoms with E-state index in [-0.39, 0.29) is 11.3 Å². The zero-order valence-corrected chi connectivity index (χ0v) is 11.3. The van der Waals surface area contributed by atoms with Gasteiger partial charge in [0, 0.05) is 25.2 Å². The summed E-state index contributed by atoms with van der Waals surface area (Å²) in [6.07, 6.45) is 2.08. The summed E-state index contributed by atoms with van der Waals surface area (Å²) in [5.74, 6) is 5.31. The van der Waals surface area contributed by atoms with Crippen LogP contribution in [0.15, 0.2) is 18.2 Å². The quantitative estimate of drug-likeness (QED) is 0.377. The maximum Gasteiger partial charge on any atom is 0.270 e. The Hall–Kier alpha value is -2.15. The molecule has 0 aliphatic carbocycles. The van der Waals surface area contributed by atoms with Crippen molar-refractivity contribution in [3.8, 4) is 0 Å². The number of hydrogen-bond donors (Lipinski definition) is 2. The zero-order valence-electron chi connectivity index (χ0n) is 11.3. The molecule has 20 heavy (non-hydrogen) atoms. The van der Waals surface area contributed by atoms with Gasteiger partial charge in [-0.25, -0.2) is 5.84 Å². The van der Waals surface area contributed by atoms with Gasteiger partial charge in [0.05, 0.1) is 16.2 Å². The predicted octanol–water partition coefficient (Wildman–Crippen LogP) is 1.43. The number of hydrazine groups is 1. The van der Waals surface area contributed by atoms with Crippen LogP contribution in [0, 0.1) is 16.0 Å². The third-order valence-corrected chi connectivity index (χ3v) is 3.69. The molecule has 0 saturated carbocycles. The first-order chi connectivity index (χ1) is 9.52. The number of rotatable bonds is 3. The van der Waals surface area contributed by atoms with Gasteiger partial charge >= 0.3 is 0 Å². The van der Waals surface area contributed by atoms with Crippen LogP contribution >= 0.6 is 0 Å². The Morgan fingerprint density at radius 1 is 1.45 bits per heavy atom. The number of anilines is 1. The molecule has 0 aromatic heterocycles. The highest BCUT2D eigenvalue weighted by Crippen LogP contribution is 2.29. The van der Waals surface area contributed by atoms with Crippen LogP contribution in [0.25, 0.3) is 0 Å². The van der Waals surface area contributed by atoms with Crippen LogP contribution in [0.1, 0.15) is 30.1 Å². The summed E-state index contributed by atoms with van der Waals surface area (Å²) in [4.78, 5) is 24.2. The van der Waals surface area contributed by atoms with Gasteiger partial charge < -0.3 is 4.90 Å². The molecule has 1 saturated heterocycles. The molecule has 1 aromatic rings. The first-order valence-corrected chi connectivity index (χ1v) is 6.57. The third-order valence-electron chi connectivity index (χ3n) is 3.69. The van der Waals surface area contributed by atoms with Crippen molar-refractivity contribution in [1.29, 1.82) is 0 Å². The number of nitrogens with zero attached hydrogens (tertiary/aromatic N) is 2. The molecule has 1 fully saturated rings. The molecule has 0 unspecified atom stereocenters. The molecule has 1 heterocycles. The van der Waals surface area contributed by atoms with Crippen molar-refractivity contribution in [2.45, 2.75) is 19.8 Å². The number of non-ortho nitro benzene ring substituents is 1. The van der Waals surface area contributed by atoms with E-state index in [0.717, 1.165) is 25.9 Å². The van der Waals surface area contributed by atoms with Gasteiger partial charge in [-0.2, -0.15) is 0 Å². The molecule has 0 bridgehead atoms. The molecule has 2 rings (SSSR count). The van der Waals surface area contributed by atoms with E-state index in [4.69, 9.17) is 5.84 Å². The number of benzene rings is 1. The molecule has 7 nitrogen and oxygen atoms in total. The minimum absolute atomic E-state index is 0.113. The average Bonchev–Trinajstić information content (AvgIpc) is 2.46. The van der Waals surface area contributed by atoms with Crippen LogP contribution in [0.3, 0.4) is 0 Å². The highest BCUT2D eigenvalue weighted by molar-refractivity contribution is 6.00. The minimum Gasteiger partial charge on any atom is -0.371 e. The Morgan fingerprint density at radius 2 is 2.10 bits per heavy atom. The summed E-state index contributed by atoms with van der Waals surface area (Å²) in [6.45, 7) is 3.87. The van der Waals surface area contributed by atoms with Crippen LogP contribution < -0.4 is 16.2 Å². The number of carbonyl (C=O) groups excluding carboxylic acids is 1. The summed E-state index contributed by atoms with van der Waals surface area (Å²) in [5.41, 5.74) is 2.88. The molecule has 1 aliphatic rings. The zero-order chi connectivity index (χ0) is 14.7. The molecule has 0 spiro atoms. The fraction of sp³-hybridized carbons (Fsp3) is 0.462. The number of hydrogen-bond acceptors (Lipinski definition) is 5. The number of nitrogen functional groups attached to an aromatic ring is 1. The third kappa shape index (κ3) is 2.88. The second-order valence-corrected chi connectivity index (χ2v) is 5.10. The smallest absolute Gasteiger partial charge is 0.270 e. The lowest BCUT2D eigenvalue weighted by Gasteiger charge is -2.33. The highest BCUT2D eigenvalue weighted by atomic mass is 16.6. The largest absolute Gasteiger partial charge is 0.371 e. The number of piperidine rings is 1. The molecule has 108 valence electrons. The number of nitro benzene ring substituents is 1. The number of amides is 1. The predicted molar refractivity (Wildman–Crippen MR) is 75.4 cm³/mol. The van der Waals surface area contributed by atoms with Crippen molar-refractivity contribution in [3.63, 3.8) is 0 Å². The monoisotopic (exact) mass is 278 g/mol. The Bertz CT molecular complexity index is 524. The van der Waals surface area contributed by atoms with Gasteiger partial charge in [-0.3, -0.25) is 20.3 Å². The molecule has 1 aliphatic heterocycles. The normalized spacial score (nSPS) is 16.0. The van der Waals surface area contributed by atoms with E-state index in [1.165, 1.54) is 12.1 Å². The molecule has 1 amide bonds. The number of carbonyl (C=O) groups is 1. The maximum atomic E-state index is 11.8. The SMILES string of the molecule is CC1CCN(c2ccc([N+](=O)[O-])cc2C(=O)NN)CC1. The van der Waals surface area contributed by atoms with Crippen molar-refractivity contribution in [2.75, 3.05) is 18.0 Å². The van der Waals surface area contributed by atoms with E-state index in [1.54, 1.807) is 6.07 Å². The van der Waals surface area contributed by atoms with E-state index >= 15 is 0 Å². The molecular formula is C13H18N4O3. The first-order valence-electron chi connectivity index (χ1n) is 6.57. The average molecular weight is 278 g/mol. The van der Waals surface area contributed by atoms with Crippen molar-refractivity contribution < 1.29 is 9.72 Å². The van der Waals surface area contributed by atoms with Crippen LogP contribution in [0.5, 0.6) is 0 Å². The lowest BCUT2D eigenvalue weighted by atomic mass is 9.98. The van der Waals surface area contributed by atoms with Crippen LogP contribution in [-0.4, -0.2) is 23.9 Å². The molecular weight excluding hydrogens is 260 g/mol. The number of nitrogens with two attached hydrogens (primary N) is 1. The topological polar surface area (TPSA) is 101 Å². The fourth-order valence-corrected chi connectivity index (χ4v) is 2.42. The molecule has 1 aromatic carbocycles. The molecule has 0 atom stereocenters. The molecule has 0 radical (unpaired) electrons. The summed E-state index contributed by atoms with van der Waals surface area (Å²) in [5, 5.41) is 10.8. The van der Waals surface area contributed by atoms with Crippen molar-refractivity contribution in [1.82, 2.24) is 5.43 Å². The second-order valence-electron chi connectivity index (χ2n) is 5.10. The lowest BCUT2D eigenvalue weighted by molar-refractivity contribution is -0.384. The van der Waals surface area contributed by atoms with Gasteiger partial charge in [0.25, 0.3) is 11.6 Å². The molecule has 3 N–H and O–H groups in total.